The van der Waals surface area contributed by atoms with Crippen LogP contribution in [0.25, 0.3) is 11.3 Å². The third kappa shape index (κ3) is 1.54. The van der Waals surface area contributed by atoms with Crippen molar-refractivity contribution >= 4 is 17.5 Å². The monoisotopic (exact) mass is 207 g/mol. The van der Waals surface area contributed by atoms with Crippen molar-refractivity contribution < 1.29 is 4.74 Å². The lowest BCUT2D eigenvalue weighted by atomic mass is 10.1. The first-order valence-electron chi connectivity index (χ1n) is 4.03. The Morgan fingerprint density at radius 1 is 1.21 bits per heavy atom. The van der Waals surface area contributed by atoms with E-state index in [4.69, 9.17) is 10.5 Å². The molecule has 72 valence electrons. The lowest BCUT2D eigenvalue weighted by Crippen LogP contribution is -1.88. The van der Waals surface area contributed by atoms with E-state index < -0.39 is 0 Å². The van der Waals surface area contributed by atoms with E-state index in [1.54, 1.807) is 7.11 Å². The van der Waals surface area contributed by atoms with Gasteiger partial charge in [0, 0.05) is 5.56 Å². The number of nitrogens with zero attached hydrogens (tertiary/aromatic N) is 2. The lowest BCUT2D eigenvalue weighted by Gasteiger charge is -2.00. The summed E-state index contributed by atoms with van der Waals surface area (Å²) >= 11 is 1.11. The molecule has 0 spiro atoms. The van der Waals surface area contributed by atoms with Crippen LogP contribution < -0.4 is 10.5 Å². The molecule has 4 nitrogen and oxygen atoms in total. The van der Waals surface area contributed by atoms with Gasteiger partial charge in [0.2, 0.25) is 0 Å². The maximum absolute atomic E-state index is 5.65. The highest BCUT2D eigenvalue weighted by atomic mass is 32.1. The van der Waals surface area contributed by atoms with Crippen molar-refractivity contribution in [3.8, 4) is 17.0 Å². The van der Waals surface area contributed by atoms with Crippen LogP contribution in [0, 0.1) is 0 Å². The molecule has 1 heterocycles. The summed E-state index contributed by atoms with van der Waals surface area (Å²) in [5.41, 5.74) is 7.34. The molecule has 2 N–H and O–H groups in total. The molecule has 0 radical (unpaired) electrons. The highest BCUT2D eigenvalue weighted by Gasteiger charge is 2.06. The Labute approximate surface area is 85.7 Å². The van der Waals surface area contributed by atoms with Gasteiger partial charge in [-0.2, -0.15) is 8.75 Å². The van der Waals surface area contributed by atoms with Crippen LogP contribution >= 0.6 is 11.7 Å². The van der Waals surface area contributed by atoms with Crippen LogP contribution in [0.2, 0.25) is 0 Å². The number of ether oxygens (including phenoxy) is 1. The second-order valence-corrected chi connectivity index (χ2v) is 3.26. The summed E-state index contributed by atoms with van der Waals surface area (Å²) < 4.78 is 13.1. The van der Waals surface area contributed by atoms with Gasteiger partial charge in [-0.05, 0) is 24.3 Å². The maximum Gasteiger partial charge on any atom is 0.165 e. The molecule has 14 heavy (non-hydrogen) atoms. The van der Waals surface area contributed by atoms with Gasteiger partial charge in [0.15, 0.2) is 5.82 Å². The number of aromatic nitrogens is 2. The number of anilines is 1. The summed E-state index contributed by atoms with van der Waals surface area (Å²) in [4.78, 5) is 0. The minimum atomic E-state index is 0.472. The molecule has 0 saturated heterocycles. The Bertz CT molecular complexity index is 424. The standard InChI is InChI=1S/C9H9N3OS/c1-13-7-4-2-6(3-5-7)8-9(10)12-14-11-8/h2-5H,1H3,(H2,10,12). The predicted molar refractivity (Wildman–Crippen MR) is 56.3 cm³/mol. The average Bonchev–Trinajstić information content (AvgIpc) is 2.65. The number of benzene rings is 1. The minimum Gasteiger partial charge on any atom is -0.497 e. The molecular formula is C9H9N3OS. The SMILES string of the molecule is COc1ccc(-c2nsnc2N)cc1. The van der Waals surface area contributed by atoms with Crippen LogP contribution in [-0.2, 0) is 0 Å². The number of rotatable bonds is 2. The smallest absolute Gasteiger partial charge is 0.165 e. The third-order valence-corrected chi connectivity index (χ3v) is 2.42. The summed E-state index contributed by atoms with van der Waals surface area (Å²) in [6.07, 6.45) is 0. The fourth-order valence-corrected chi connectivity index (χ4v) is 1.64. The molecular weight excluding hydrogens is 198 g/mol. The van der Waals surface area contributed by atoms with Crippen molar-refractivity contribution in [2.24, 2.45) is 0 Å². The first-order valence-corrected chi connectivity index (χ1v) is 4.77. The molecule has 2 aromatic rings. The van der Waals surface area contributed by atoms with Crippen LogP contribution in [0.15, 0.2) is 24.3 Å². The number of nitrogens with two attached hydrogens (primary N) is 1. The van der Waals surface area contributed by atoms with Gasteiger partial charge in [0.1, 0.15) is 11.4 Å². The summed E-state index contributed by atoms with van der Waals surface area (Å²) in [6.45, 7) is 0. The zero-order valence-corrected chi connectivity index (χ0v) is 8.41. The number of methoxy groups -OCH3 is 1. The largest absolute Gasteiger partial charge is 0.497 e. The molecule has 0 amide bonds. The molecule has 0 unspecified atom stereocenters. The van der Waals surface area contributed by atoms with Gasteiger partial charge in [-0.15, -0.1) is 0 Å². The van der Waals surface area contributed by atoms with Crippen LogP contribution in [0.1, 0.15) is 0 Å². The van der Waals surface area contributed by atoms with Gasteiger partial charge in [-0.25, -0.2) is 0 Å². The molecule has 0 atom stereocenters. The second-order valence-electron chi connectivity index (χ2n) is 2.73. The quantitative estimate of drug-likeness (QED) is 0.815. The Morgan fingerprint density at radius 3 is 2.43 bits per heavy atom. The molecule has 0 saturated carbocycles. The van der Waals surface area contributed by atoms with Crippen LogP contribution in [0.4, 0.5) is 5.82 Å². The van der Waals surface area contributed by atoms with E-state index in [0.717, 1.165) is 28.7 Å². The highest BCUT2D eigenvalue weighted by Crippen LogP contribution is 2.25. The van der Waals surface area contributed by atoms with Crippen molar-refractivity contribution in [3.63, 3.8) is 0 Å². The molecule has 0 aliphatic heterocycles. The van der Waals surface area contributed by atoms with E-state index in [-0.39, 0.29) is 0 Å². The fourth-order valence-electron chi connectivity index (χ4n) is 1.14. The first kappa shape index (κ1) is 8.96. The van der Waals surface area contributed by atoms with E-state index in [9.17, 15) is 0 Å². The number of hydrogen-bond donors (Lipinski definition) is 1. The van der Waals surface area contributed by atoms with E-state index in [2.05, 4.69) is 8.75 Å². The van der Waals surface area contributed by atoms with Crippen LogP contribution in [0.3, 0.4) is 0 Å². The maximum atomic E-state index is 5.65. The van der Waals surface area contributed by atoms with Crippen LogP contribution in [-0.4, -0.2) is 15.9 Å². The first-order chi connectivity index (χ1) is 6.81. The topological polar surface area (TPSA) is 61.0 Å². The zero-order chi connectivity index (χ0) is 9.97. The van der Waals surface area contributed by atoms with E-state index in [1.807, 2.05) is 24.3 Å². The highest BCUT2D eigenvalue weighted by molar-refractivity contribution is 6.99. The molecule has 0 fully saturated rings. The number of nitrogen functional groups attached to an aromatic ring is 1. The van der Waals surface area contributed by atoms with Gasteiger partial charge >= 0.3 is 0 Å². The van der Waals surface area contributed by atoms with Crippen molar-refractivity contribution in [2.75, 3.05) is 12.8 Å². The Morgan fingerprint density at radius 2 is 1.93 bits per heavy atom. The van der Waals surface area contributed by atoms with E-state index in [1.165, 1.54) is 0 Å². The molecule has 1 aromatic carbocycles. The molecule has 5 heteroatoms. The van der Waals surface area contributed by atoms with Crippen molar-refractivity contribution in [3.05, 3.63) is 24.3 Å². The second kappa shape index (κ2) is 3.63. The van der Waals surface area contributed by atoms with Crippen LogP contribution in [0.5, 0.6) is 5.75 Å². The molecule has 0 aliphatic carbocycles. The molecule has 2 rings (SSSR count). The van der Waals surface area contributed by atoms with Gasteiger partial charge in [0.05, 0.1) is 18.8 Å². The van der Waals surface area contributed by atoms with Crippen molar-refractivity contribution in [2.45, 2.75) is 0 Å². The summed E-state index contributed by atoms with van der Waals surface area (Å²) in [5, 5.41) is 0. The molecule has 0 aliphatic rings. The molecule has 1 aromatic heterocycles. The Balaban J connectivity index is 2.39. The normalized spacial score (nSPS) is 10.1. The lowest BCUT2D eigenvalue weighted by molar-refractivity contribution is 0.415. The summed E-state index contributed by atoms with van der Waals surface area (Å²) in [5.74, 6) is 1.29. The minimum absolute atomic E-state index is 0.472. The zero-order valence-electron chi connectivity index (χ0n) is 7.60. The molecule has 0 bridgehead atoms. The van der Waals surface area contributed by atoms with Gasteiger partial charge in [0.25, 0.3) is 0 Å². The summed E-state index contributed by atoms with van der Waals surface area (Å²) in [6, 6.07) is 7.56. The predicted octanol–water partition coefficient (Wildman–Crippen LogP) is 1.80. The van der Waals surface area contributed by atoms with Gasteiger partial charge in [-0.1, -0.05) is 0 Å². The van der Waals surface area contributed by atoms with Gasteiger partial charge in [-0.3, -0.25) is 0 Å². The fraction of sp³-hybridized carbons (Fsp3) is 0.111. The summed E-state index contributed by atoms with van der Waals surface area (Å²) in [7, 11) is 1.63. The van der Waals surface area contributed by atoms with Crippen molar-refractivity contribution in [1.82, 2.24) is 8.75 Å². The Kier molecular flexibility index (Phi) is 2.32. The Hall–Kier alpha value is -1.62. The van der Waals surface area contributed by atoms with E-state index in [0.29, 0.717) is 5.82 Å². The average molecular weight is 207 g/mol. The van der Waals surface area contributed by atoms with Gasteiger partial charge < -0.3 is 10.5 Å². The van der Waals surface area contributed by atoms with E-state index >= 15 is 0 Å². The van der Waals surface area contributed by atoms with Crippen molar-refractivity contribution in [1.29, 1.82) is 0 Å². The third-order valence-electron chi connectivity index (χ3n) is 1.88. The number of hydrogen-bond acceptors (Lipinski definition) is 5.